The van der Waals surface area contributed by atoms with E-state index in [2.05, 4.69) is 10.1 Å². The smallest absolute Gasteiger partial charge is 0.295 e. The van der Waals surface area contributed by atoms with Gasteiger partial charge >= 0.3 is 0 Å². The van der Waals surface area contributed by atoms with Gasteiger partial charge in [-0.2, -0.15) is 0 Å². The van der Waals surface area contributed by atoms with E-state index >= 15 is 0 Å². The van der Waals surface area contributed by atoms with E-state index in [4.69, 9.17) is 0 Å². The van der Waals surface area contributed by atoms with Gasteiger partial charge in [0.2, 0.25) is 0 Å². The number of nitro benzene ring substituents is 1. The Hall–Kier alpha value is -3.48. The number of nitrogens with zero attached hydrogens (tertiary/aromatic N) is 3. The summed E-state index contributed by atoms with van der Waals surface area (Å²) in [4.78, 5) is 27.6. The molecule has 7 nitrogen and oxygen atoms in total. The fourth-order valence-corrected chi connectivity index (χ4v) is 2.61. The van der Waals surface area contributed by atoms with E-state index < -0.39 is 4.92 Å². The van der Waals surface area contributed by atoms with Crippen molar-refractivity contribution in [3.8, 4) is 5.69 Å². The lowest BCUT2D eigenvalue weighted by molar-refractivity contribution is -0.384. The third kappa shape index (κ3) is 3.32. The van der Waals surface area contributed by atoms with Gasteiger partial charge in [0.25, 0.3) is 11.2 Å². The molecule has 0 saturated heterocycles. The Morgan fingerprint density at radius 3 is 2.38 bits per heavy atom. The molecule has 0 saturated carbocycles. The Bertz CT molecular complexity index is 1060. The molecule has 1 heterocycles. The Morgan fingerprint density at radius 2 is 1.73 bits per heavy atom. The van der Waals surface area contributed by atoms with Crippen molar-refractivity contribution in [2.45, 2.75) is 20.8 Å². The van der Waals surface area contributed by atoms with Crippen molar-refractivity contribution in [3.63, 3.8) is 0 Å². The molecule has 0 bridgehead atoms. The molecule has 0 aliphatic rings. The molecule has 0 fully saturated rings. The number of H-pyrrole nitrogens is 1. The van der Waals surface area contributed by atoms with Gasteiger partial charge in [0.05, 0.1) is 16.2 Å². The number of benzene rings is 2. The van der Waals surface area contributed by atoms with E-state index in [9.17, 15) is 14.9 Å². The summed E-state index contributed by atoms with van der Waals surface area (Å²) < 4.78 is 1.43. The fourth-order valence-electron chi connectivity index (χ4n) is 2.61. The second-order valence-electron chi connectivity index (χ2n) is 6.13. The molecule has 3 rings (SSSR count). The summed E-state index contributed by atoms with van der Waals surface area (Å²) in [6.07, 6.45) is 1.37. The van der Waals surface area contributed by atoms with Gasteiger partial charge < -0.3 is 0 Å². The third-order valence-electron chi connectivity index (χ3n) is 4.07. The summed E-state index contributed by atoms with van der Waals surface area (Å²) in [5.74, 6) is 0. The van der Waals surface area contributed by atoms with Crippen LogP contribution in [0.4, 0.5) is 11.4 Å². The zero-order chi connectivity index (χ0) is 18.8. The van der Waals surface area contributed by atoms with Crippen molar-refractivity contribution in [1.29, 1.82) is 0 Å². The third-order valence-corrected chi connectivity index (χ3v) is 4.07. The lowest BCUT2D eigenvalue weighted by Crippen LogP contribution is -2.17. The van der Waals surface area contributed by atoms with Crippen LogP contribution in [0.2, 0.25) is 0 Å². The molecule has 1 aromatic heterocycles. The first-order valence-electron chi connectivity index (χ1n) is 8.04. The highest BCUT2D eigenvalue weighted by Crippen LogP contribution is 2.27. The highest BCUT2D eigenvalue weighted by molar-refractivity contribution is 5.84. The molecule has 0 aliphatic heterocycles. The molecule has 0 aliphatic carbocycles. The monoisotopic (exact) mass is 350 g/mol. The molecule has 0 spiro atoms. The average Bonchev–Trinajstić information content (AvgIpc) is 2.89. The van der Waals surface area contributed by atoms with Crippen molar-refractivity contribution >= 4 is 17.6 Å². The molecule has 0 atom stereocenters. The summed E-state index contributed by atoms with van der Waals surface area (Å²) in [5, 5.41) is 14.2. The number of nitro groups is 1. The molecule has 0 radical (unpaired) electrons. The lowest BCUT2D eigenvalue weighted by Gasteiger charge is -2.01. The molecule has 0 unspecified atom stereocenters. The Labute approximate surface area is 149 Å². The number of aromatic nitrogens is 2. The summed E-state index contributed by atoms with van der Waals surface area (Å²) in [6, 6.07) is 12.3. The van der Waals surface area contributed by atoms with Crippen molar-refractivity contribution in [1.82, 2.24) is 9.78 Å². The van der Waals surface area contributed by atoms with Gasteiger partial charge in [0, 0.05) is 18.0 Å². The van der Waals surface area contributed by atoms with Crippen LogP contribution in [-0.2, 0) is 0 Å². The van der Waals surface area contributed by atoms with E-state index in [-0.39, 0.29) is 16.9 Å². The van der Waals surface area contributed by atoms with Gasteiger partial charge in [0.15, 0.2) is 0 Å². The second kappa shape index (κ2) is 6.79. The number of nitrogens with one attached hydrogen (secondary N) is 1. The predicted molar refractivity (Wildman–Crippen MR) is 101 cm³/mol. The van der Waals surface area contributed by atoms with Crippen LogP contribution in [0.1, 0.15) is 22.4 Å². The molecular formula is C19H18N4O3. The minimum absolute atomic E-state index is 0.0895. The van der Waals surface area contributed by atoms with Crippen LogP contribution in [0.3, 0.4) is 0 Å². The van der Waals surface area contributed by atoms with Gasteiger partial charge in [0.1, 0.15) is 5.69 Å². The lowest BCUT2D eigenvalue weighted by atomic mass is 10.2. The Balaban J connectivity index is 2.02. The summed E-state index contributed by atoms with van der Waals surface area (Å²) in [6.45, 7) is 5.51. The van der Waals surface area contributed by atoms with Crippen molar-refractivity contribution < 1.29 is 4.92 Å². The molecule has 26 heavy (non-hydrogen) atoms. The Kier molecular flexibility index (Phi) is 4.53. The van der Waals surface area contributed by atoms with Crippen LogP contribution in [0.15, 0.2) is 52.3 Å². The molecule has 7 heteroatoms. The first kappa shape index (κ1) is 17.3. The molecule has 1 N–H and O–H groups in total. The van der Waals surface area contributed by atoms with E-state index in [1.807, 2.05) is 31.2 Å². The van der Waals surface area contributed by atoms with Gasteiger partial charge in [-0.05, 0) is 44.5 Å². The minimum atomic E-state index is -0.478. The average molecular weight is 350 g/mol. The van der Waals surface area contributed by atoms with Crippen LogP contribution < -0.4 is 5.56 Å². The normalized spacial score (nSPS) is 11.2. The first-order chi connectivity index (χ1) is 12.4. The minimum Gasteiger partial charge on any atom is -0.295 e. The van der Waals surface area contributed by atoms with Crippen molar-refractivity contribution in [3.05, 3.63) is 85.3 Å². The van der Waals surface area contributed by atoms with Gasteiger partial charge in [-0.25, -0.2) is 9.67 Å². The maximum atomic E-state index is 12.7. The largest absolute Gasteiger partial charge is 0.295 e. The quantitative estimate of drug-likeness (QED) is 0.441. The number of aliphatic imine (C=N–C) groups is 1. The van der Waals surface area contributed by atoms with Crippen LogP contribution in [-0.4, -0.2) is 20.9 Å². The van der Waals surface area contributed by atoms with Gasteiger partial charge in [-0.1, -0.05) is 23.8 Å². The van der Waals surface area contributed by atoms with Crippen LogP contribution in [0, 0.1) is 30.9 Å². The molecule has 2 aromatic carbocycles. The zero-order valence-corrected chi connectivity index (χ0v) is 14.7. The molecule has 132 valence electrons. The summed E-state index contributed by atoms with van der Waals surface area (Å²) >= 11 is 0. The number of aryl methyl sites for hydroxylation is 3. The number of hydrogen-bond donors (Lipinski definition) is 1. The highest BCUT2D eigenvalue weighted by Gasteiger charge is 2.14. The van der Waals surface area contributed by atoms with E-state index in [0.29, 0.717) is 16.9 Å². The topological polar surface area (TPSA) is 93.3 Å². The van der Waals surface area contributed by atoms with Gasteiger partial charge in [-0.3, -0.25) is 20.0 Å². The summed E-state index contributed by atoms with van der Waals surface area (Å²) in [5.41, 5.74) is 3.44. The standard InChI is InChI=1S/C19H18N4O3/c1-12-4-7-15(8-5-12)22-19(24)16(14(3)21-22)11-20-17-9-6-13(2)10-18(17)23(25)26/h4-11,21H,1-3H3. The van der Waals surface area contributed by atoms with Crippen LogP contribution in [0.25, 0.3) is 5.69 Å². The SMILES string of the molecule is Cc1ccc(-n2[nH]c(C)c(C=Nc3ccc(C)cc3[N+](=O)[O-])c2=O)cc1. The number of aromatic amines is 1. The highest BCUT2D eigenvalue weighted by atomic mass is 16.6. The fraction of sp³-hybridized carbons (Fsp3) is 0.158. The van der Waals surface area contributed by atoms with Crippen LogP contribution >= 0.6 is 0 Å². The second-order valence-corrected chi connectivity index (χ2v) is 6.13. The molecular weight excluding hydrogens is 332 g/mol. The maximum absolute atomic E-state index is 12.7. The molecule has 3 aromatic rings. The van der Waals surface area contributed by atoms with E-state index in [1.165, 1.54) is 17.0 Å². The van der Waals surface area contributed by atoms with E-state index in [1.54, 1.807) is 26.0 Å². The number of hydrogen-bond acceptors (Lipinski definition) is 4. The van der Waals surface area contributed by atoms with Crippen LogP contribution in [0.5, 0.6) is 0 Å². The zero-order valence-electron chi connectivity index (χ0n) is 14.7. The van der Waals surface area contributed by atoms with Crippen molar-refractivity contribution in [2.24, 2.45) is 4.99 Å². The maximum Gasteiger partial charge on any atom is 0.295 e. The van der Waals surface area contributed by atoms with Crippen molar-refractivity contribution in [2.75, 3.05) is 0 Å². The Morgan fingerprint density at radius 1 is 1.08 bits per heavy atom. The van der Waals surface area contributed by atoms with Gasteiger partial charge in [-0.15, -0.1) is 0 Å². The summed E-state index contributed by atoms with van der Waals surface area (Å²) in [7, 11) is 0. The number of rotatable bonds is 4. The van der Waals surface area contributed by atoms with E-state index in [0.717, 1.165) is 11.1 Å². The predicted octanol–water partition coefficient (Wildman–Crippen LogP) is 3.75. The molecule has 0 amide bonds. The first-order valence-corrected chi connectivity index (χ1v) is 8.04.